The van der Waals surface area contributed by atoms with Crippen LogP contribution in [0, 0.1) is 0 Å². The average Bonchev–Trinajstić information content (AvgIpc) is 3.79. The normalized spacial score (nSPS) is 19.3. The largest absolute Gasteiger partial charge is 0.489 e. The third kappa shape index (κ3) is 7.37. The molecule has 0 bridgehead atoms. The molecule has 2 fully saturated rings. The van der Waals surface area contributed by atoms with E-state index in [1.54, 1.807) is 0 Å². The van der Waals surface area contributed by atoms with Crippen LogP contribution in [-0.4, -0.2) is 70.8 Å². The number of nitrogens with zero attached hydrogens (tertiary/aromatic N) is 4. The Labute approximate surface area is 275 Å². The minimum Gasteiger partial charge on any atom is -0.489 e. The lowest BCUT2D eigenvalue weighted by molar-refractivity contribution is 0.193. The molecule has 2 aliphatic rings. The standard InChI is InChI=1S/C39H52N4O3/c1-7-10-20-43-35-24-34(45-32-18-21-41(8-2)26-32)25-36(46-33-19-22-42(9-3)27-33)37(35)40-38(43)28-12-11-13-31(23-28)44-30-16-14-29(15-17-30)39(4,5)6/h11-17,23-25,32-33H,7-10,18-22,26-27H2,1-6H3. The second kappa shape index (κ2) is 14.1. The number of likely N-dealkylation sites (tertiary alicyclic amines) is 2. The van der Waals surface area contributed by atoms with Gasteiger partial charge in [0.15, 0.2) is 5.75 Å². The fourth-order valence-corrected chi connectivity index (χ4v) is 6.68. The smallest absolute Gasteiger partial charge is 0.151 e. The summed E-state index contributed by atoms with van der Waals surface area (Å²) in [4.78, 5) is 10.2. The van der Waals surface area contributed by atoms with Gasteiger partial charge < -0.3 is 18.8 Å². The van der Waals surface area contributed by atoms with Gasteiger partial charge in [0.25, 0.3) is 0 Å². The molecule has 0 spiro atoms. The molecule has 7 heteroatoms. The molecule has 1 aromatic heterocycles. The first-order chi connectivity index (χ1) is 22.2. The first kappa shape index (κ1) is 32.4. The molecule has 0 saturated carbocycles. The van der Waals surface area contributed by atoms with Crippen molar-refractivity contribution in [1.82, 2.24) is 19.4 Å². The lowest BCUT2D eigenvalue weighted by Gasteiger charge is -2.19. The van der Waals surface area contributed by atoms with Crippen molar-refractivity contribution in [3.05, 3.63) is 66.2 Å². The summed E-state index contributed by atoms with van der Waals surface area (Å²) in [5.74, 6) is 4.24. The Balaban J connectivity index is 1.37. The van der Waals surface area contributed by atoms with E-state index in [1.165, 1.54) is 5.56 Å². The second-order valence-electron chi connectivity index (χ2n) is 14.0. The first-order valence-corrected chi connectivity index (χ1v) is 17.4. The highest BCUT2D eigenvalue weighted by Gasteiger charge is 2.27. The summed E-state index contributed by atoms with van der Waals surface area (Å²) >= 11 is 0. The number of benzene rings is 3. The molecule has 0 amide bonds. The number of imidazole rings is 1. The van der Waals surface area contributed by atoms with E-state index in [-0.39, 0.29) is 17.6 Å². The molecule has 7 nitrogen and oxygen atoms in total. The lowest BCUT2D eigenvalue weighted by Crippen LogP contribution is -2.25. The topological polar surface area (TPSA) is 52.0 Å². The van der Waals surface area contributed by atoms with Gasteiger partial charge in [-0.1, -0.05) is 72.2 Å². The number of ether oxygens (including phenoxy) is 3. The molecule has 3 heterocycles. The van der Waals surface area contributed by atoms with Gasteiger partial charge in [-0.25, -0.2) is 4.98 Å². The summed E-state index contributed by atoms with van der Waals surface area (Å²) < 4.78 is 22.2. The molecule has 3 aromatic carbocycles. The van der Waals surface area contributed by atoms with Gasteiger partial charge in [-0.15, -0.1) is 0 Å². The molecular weight excluding hydrogens is 572 g/mol. The van der Waals surface area contributed by atoms with Crippen LogP contribution in [0.1, 0.15) is 72.8 Å². The zero-order valence-corrected chi connectivity index (χ0v) is 28.7. The minimum absolute atomic E-state index is 0.101. The van der Waals surface area contributed by atoms with Crippen LogP contribution in [0.25, 0.3) is 22.4 Å². The van der Waals surface area contributed by atoms with Crippen LogP contribution < -0.4 is 14.2 Å². The van der Waals surface area contributed by atoms with Crippen LogP contribution >= 0.6 is 0 Å². The zero-order chi connectivity index (χ0) is 32.3. The molecule has 2 saturated heterocycles. The van der Waals surface area contributed by atoms with Crippen molar-refractivity contribution < 1.29 is 14.2 Å². The summed E-state index contributed by atoms with van der Waals surface area (Å²) in [5, 5.41) is 0. The van der Waals surface area contributed by atoms with Crippen molar-refractivity contribution in [2.24, 2.45) is 0 Å². The number of rotatable bonds is 12. The number of likely N-dealkylation sites (N-methyl/N-ethyl adjacent to an activating group) is 2. The van der Waals surface area contributed by atoms with Crippen LogP contribution in [0.3, 0.4) is 0 Å². The molecular formula is C39H52N4O3. The van der Waals surface area contributed by atoms with Gasteiger partial charge in [0, 0.05) is 50.4 Å². The van der Waals surface area contributed by atoms with Crippen LogP contribution in [0.2, 0.25) is 0 Å². The third-order valence-electron chi connectivity index (χ3n) is 9.53. The molecule has 246 valence electrons. The molecule has 46 heavy (non-hydrogen) atoms. The summed E-state index contributed by atoms with van der Waals surface area (Å²) in [7, 11) is 0. The summed E-state index contributed by atoms with van der Waals surface area (Å²) in [5.41, 5.74) is 4.38. The van der Waals surface area contributed by atoms with E-state index in [2.05, 4.69) is 111 Å². The van der Waals surface area contributed by atoms with Crippen molar-refractivity contribution in [2.75, 3.05) is 39.3 Å². The van der Waals surface area contributed by atoms with Crippen LogP contribution in [0.4, 0.5) is 0 Å². The second-order valence-corrected chi connectivity index (χ2v) is 14.0. The molecule has 2 atom stereocenters. The zero-order valence-electron chi connectivity index (χ0n) is 28.7. The Morgan fingerprint density at radius 1 is 0.783 bits per heavy atom. The van der Waals surface area contributed by atoms with Crippen molar-refractivity contribution in [3.63, 3.8) is 0 Å². The summed E-state index contributed by atoms with van der Waals surface area (Å²) in [6, 6.07) is 21.0. The van der Waals surface area contributed by atoms with Crippen molar-refractivity contribution in [1.29, 1.82) is 0 Å². The van der Waals surface area contributed by atoms with Gasteiger partial charge in [0.2, 0.25) is 0 Å². The monoisotopic (exact) mass is 624 g/mol. The van der Waals surface area contributed by atoms with Crippen molar-refractivity contribution in [2.45, 2.75) is 91.4 Å². The summed E-state index contributed by atoms with van der Waals surface area (Å²) in [6.07, 6.45) is 4.54. The van der Waals surface area contributed by atoms with Gasteiger partial charge >= 0.3 is 0 Å². The van der Waals surface area contributed by atoms with E-state index < -0.39 is 0 Å². The fraction of sp³-hybridized carbons (Fsp3) is 0.513. The molecule has 0 N–H and O–H groups in total. The highest BCUT2D eigenvalue weighted by atomic mass is 16.5. The van der Waals surface area contributed by atoms with Gasteiger partial charge in [0.05, 0.1) is 5.52 Å². The van der Waals surface area contributed by atoms with Crippen molar-refractivity contribution >= 4 is 11.0 Å². The fourth-order valence-electron chi connectivity index (χ4n) is 6.68. The minimum atomic E-state index is 0.101. The molecule has 4 aromatic rings. The number of aromatic nitrogens is 2. The lowest BCUT2D eigenvalue weighted by atomic mass is 9.87. The number of aryl methyl sites for hydroxylation is 1. The quantitative estimate of drug-likeness (QED) is 0.157. The average molecular weight is 625 g/mol. The van der Waals surface area contributed by atoms with Crippen LogP contribution in [0.15, 0.2) is 60.7 Å². The van der Waals surface area contributed by atoms with E-state index >= 15 is 0 Å². The maximum absolute atomic E-state index is 6.78. The maximum Gasteiger partial charge on any atom is 0.151 e. The SMILES string of the molecule is CCCCn1c(-c2cccc(Oc3ccc(C(C)(C)C)cc3)c2)nc2c(OC3CCN(CC)C3)cc(OC3CCN(CC)C3)cc21. The van der Waals surface area contributed by atoms with E-state index in [0.29, 0.717) is 0 Å². The Hall–Kier alpha value is -3.55. The number of hydrogen-bond donors (Lipinski definition) is 0. The maximum atomic E-state index is 6.78. The van der Waals surface area contributed by atoms with Crippen molar-refractivity contribution in [3.8, 4) is 34.4 Å². The Bertz CT molecular complexity index is 1610. The highest BCUT2D eigenvalue weighted by Crippen LogP contribution is 2.38. The Kier molecular flexibility index (Phi) is 9.90. The van der Waals surface area contributed by atoms with Crippen LogP contribution in [0.5, 0.6) is 23.0 Å². The number of fused-ring (bicyclic) bond motifs is 1. The number of hydrogen-bond acceptors (Lipinski definition) is 6. The van der Waals surface area contributed by atoms with Gasteiger partial charge in [-0.2, -0.15) is 0 Å². The first-order valence-electron chi connectivity index (χ1n) is 17.4. The predicted octanol–water partition coefficient (Wildman–Crippen LogP) is 8.54. The van der Waals surface area contributed by atoms with Gasteiger partial charge in [-0.3, -0.25) is 9.80 Å². The van der Waals surface area contributed by atoms with E-state index in [1.807, 2.05) is 6.07 Å². The Morgan fingerprint density at radius 3 is 2.11 bits per heavy atom. The number of unbranched alkanes of at least 4 members (excludes halogenated alkanes) is 1. The highest BCUT2D eigenvalue weighted by molar-refractivity contribution is 5.87. The summed E-state index contributed by atoms with van der Waals surface area (Å²) in [6.45, 7) is 20.4. The third-order valence-corrected chi connectivity index (χ3v) is 9.53. The molecule has 0 aliphatic carbocycles. The Morgan fingerprint density at radius 2 is 1.48 bits per heavy atom. The molecule has 6 rings (SSSR count). The van der Waals surface area contributed by atoms with Crippen LogP contribution in [-0.2, 0) is 12.0 Å². The van der Waals surface area contributed by atoms with E-state index in [9.17, 15) is 0 Å². The van der Waals surface area contributed by atoms with Gasteiger partial charge in [-0.05, 0) is 67.6 Å². The predicted molar refractivity (Wildman–Crippen MR) is 188 cm³/mol. The van der Waals surface area contributed by atoms with E-state index in [4.69, 9.17) is 19.2 Å². The molecule has 2 aliphatic heterocycles. The van der Waals surface area contributed by atoms with E-state index in [0.717, 1.165) is 117 Å². The molecule has 0 radical (unpaired) electrons. The van der Waals surface area contributed by atoms with Gasteiger partial charge in [0.1, 0.15) is 40.8 Å². The molecule has 2 unspecified atom stereocenters.